The quantitative estimate of drug-likeness (QED) is 0.476. The first-order valence-corrected chi connectivity index (χ1v) is 6.77. The number of aliphatic carboxylic acids is 2. The minimum atomic E-state index is -1.36. The zero-order valence-electron chi connectivity index (χ0n) is 13.1. The van der Waals surface area contributed by atoms with Crippen molar-refractivity contribution in [1.29, 1.82) is 0 Å². The van der Waals surface area contributed by atoms with Crippen molar-refractivity contribution in [3.05, 3.63) is 11.1 Å². The molecule has 0 bridgehead atoms. The van der Waals surface area contributed by atoms with Gasteiger partial charge in [-0.05, 0) is 13.8 Å². The average Bonchev–Trinajstić information content (AvgIpc) is 2.30. The molecule has 22 heavy (non-hydrogen) atoms. The molecule has 4 N–H and O–H groups in total. The van der Waals surface area contributed by atoms with Crippen LogP contribution in [0.3, 0.4) is 0 Å². The van der Waals surface area contributed by atoms with Gasteiger partial charge >= 0.3 is 11.9 Å². The maximum atomic E-state index is 11.3. The van der Waals surface area contributed by atoms with Crippen molar-refractivity contribution in [2.45, 2.75) is 52.6 Å². The predicted octanol–water partition coefficient (Wildman–Crippen LogP) is 0.282. The number of hydrogen-bond acceptors (Lipinski definition) is 4. The molecule has 8 nitrogen and oxygen atoms in total. The number of carbonyl (C=O) groups is 4. The molecule has 124 valence electrons. The van der Waals surface area contributed by atoms with Gasteiger partial charge in [0.05, 0.1) is 0 Å². The van der Waals surface area contributed by atoms with Crippen LogP contribution in [0, 0.1) is 0 Å². The molecule has 0 aliphatic rings. The van der Waals surface area contributed by atoms with Crippen LogP contribution in [0.2, 0.25) is 0 Å². The number of hydrogen-bond donors (Lipinski definition) is 4. The van der Waals surface area contributed by atoms with E-state index in [1.54, 1.807) is 13.8 Å². The number of amides is 2. The summed E-state index contributed by atoms with van der Waals surface area (Å²) in [5, 5.41) is 23.5. The van der Waals surface area contributed by atoms with E-state index < -0.39 is 24.0 Å². The summed E-state index contributed by atoms with van der Waals surface area (Å²) in [6.45, 7) is 5.75. The van der Waals surface area contributed by atoms with E-state index in [-0.39, 0.29) is 35.8 Å². The smallest absolute Gasteiger partial charge is 0.332 e. The lowest BCUT2D eigenvalue weighted by Gasteiger charge is -2.18. The minimum absolute atomic E-state index is 0.122. The highest BCUT2D eigenvalue weighted by atomic mass is 16.4. The van der Waals surface area contributed by atoms with Gasteiger partial charge < -0.3 is 20.8 Å². The van der Waals surface area contributed by atoms with E-state index in [4.69, 9.17) is 0 Å². The summed E-state index contributed by atoms with van der Waals surface area (Å²) in [7, 11) is 0. The summed E-state index contributed by atoms with van der Waals surface area (Å²) >= 11 is 0. The zero-order chi connectivity index (χ0) is 17.4. The maximum absolute atomic E-state index is 11.3. The second kappa shape index (κ2) is 8.81. The lowest BCUT2D eigenvalue weighted by molar-refractivity contribution is -0.136. The van der Waals surface area contributed by atoms with E-state index in [0.717, 1.165) is 0 Å². The van der Waals surface area contributed by atoms with Crippen molar-refractivity contribution in [2.24, 2.45) is 0 Å². The van der Waals surface area contributed by atoms with Gasteiger partial charge in [-0.25, -0.2) is 9.59 Å². The van der Waals surface area contributed by atoms with Gasteiger partial charge in [-0.2, -0.15) is 0 Å². The third kappa shape index (κ3) is 7.41. The van der Waals surface area contributed by atoms with Crippen molar-refractivity contribution >= 4 is 23.8 Å². The van der Waals surface area contributed by atoms with Crippen LogP contribution >= 0.6 is 0 Å². The van der Waals surface area contributed by atoms with Gasteiger partial charge in [0.1, 0.15) is 0 Å². The number of carboxylic acids is 2. The highest BCUT2D eigenvalue weighted by Crippen LogP contribution is 2.18. The third-order valence-corrected chi connectivity index (χ3v) is 2.80. The van der Waals surface area contributed by atoms with Gasteiger partial charge in [0.2, 0.25) is 11.8 Å². The van der Waals surface area contributed by atoms with E-state index in [1.807, 2.05) is 0 Å². The van der Waals surface area contributed by atoms with Crippen LogP contribution in [-0.4, -0.2) is 46.0 Å². The number of carboxylic acid groups (broad SMARTS) is 2. The van der Waals surface area contributed by atoms with Gasteiger partial charge in [-0.1, -0.05) is 0 Å². The van der Waals surface area contributed by atoms with Crippen molar-refractivity contribution in [3.8, 4) is 0 Å². The molecule has 0 fully saturated rings. The molecule has 2 atom stereocenters. The number of carbonyl (C=O) groups excluding carboxylic acids is 2. The van der Waals surface area contributed by atoms with Gasteiger partial charge in [0.15, 0.2) is 0 Å². The molecule has 0 spiro atoms. The third-order valence-electron chi connectivity index (χ3n) is 2.80. The average molecular weight is 314 g/mol. The molecule has 2 amide bonds. The van der Waals surface area contributed by atoms with Crippen LogP contribution in [-0.2, 0) is 19.2 Å². The highest BCUT2D eigenvalue weighted by molar-refractivity contribution is 5.99. The Morgan fingerprint density at radius 1 is 0.773 bits per heavy atom. The summed E-state index contributed by atoms with van der Waals surface area (Å²) in [5.74, 6) is -3.38. The summed E-state index contributed by atoms with van der Waals surface area (Å²) < 4.78 is 0. The molecule has 0 unspecified atom stereocenters. The highest BCUT2D eigenvalue weighted by Gasteiger charge is 2.24. The Labute approximate surface area is 128 Å². The number of rotatable bonds is 8. The van der Waals surface area contributed by atoms with E-state index >= 15 is 0 Å². The van der Waals surface area contributed by atoms with E-state index in [2.05, 4.69) is 10.6 Å². The lowest BCUT2D eigenvalue weighted by atomic mass is 9.96. The van der Waals surface area contributed by atoms with Crippen molar-refractivity contribution in [1.82, 2.24) is 10.6 Å². The molecule has 0 aromatic carbocycles. The monoisotopic (exact) mass is 314 g/mol. The fourth-order valence-electron chi connectivity index (χ4n) is 2.09. The largest absolute Gasteiger partial charge is 0.478 e. The van der Waals surface area contributed by atoms with Crippen LogP contribution in [0.5, 0.6) is 0 Å². The zero-order valence-corrected chi connectivity index (χ0v) is 13.1. The molecule has 8 heteroatoms. The van der Waals surface area contributed by atoms with Gasteiger partial charge in [-0.15, -0.1) is 0 Å². The molecular weight excluding hydrogens is 292 g/mol. The van der Waals surface area contributed by atoms with Crippen LogP contribution in [0.1, 0.15) is 40.5 Å². The maximum Gasteiger partial charge on any atom is 0.332 e. The lowest BCUT2D eigenvalue weighted by Crippen LogP contribution is -2.34. The first-order valence-electron chi connectivity index (χ1n) is 6.77. The van der Waals surface area contributed by atoms with Gasteiger partial charge in [0.25, 0.3) is 0 Å². The molecule has 0 aromatic heterocycles. The predicted molar refractivity (Wildman–Crippen MR) is 78.1 cm³/mol. The summed E-state index contributed by atoms with van der Waals surface area (Å²) in [4.78, 5) is 44.6. The summed E-state index contributed by atoms with van der Waals surface area (Å²) in [6, 6.07) is -1.04. The molecule has 0 heterocycles. The molecule has 0 saturated heterocycles. The Kier molecular flexibility index (Phi) is 7.85. The van der Waals surface area contributed by atoms with E-state index in [1.165, 1.54) is 13.8 Å². The standard InChI is InChI=1S/C14H22N2O6/c1-7(15-9(3)17)5-11(13(19)20)12(14(21)22)6-8(2)16-10(4)18/h7-8H,5-6H2,1-4H3,(H,15,17)(H,16,18)(H,19,20)(H,21,22)/t7-,8-/m0/s1. The molecule has 0 radical (unpaired) electrons. The normalized spacial score (nSPS) is 14.4. The second-order valence-corrected chi connectivity index (χ2v) is 5.18. The van der Waals surface area contributed by atoms with Crippen molar-refractivity contribution < 1.29 is 29.4 Å². The van der Waals surface area contributed by atoms with E-state index in [9.17, 15) is 29.4 Å². The van der Waals surface area contributed by atoms with Crippen LogP contribution in [0.4, 0.5) is 0 Å². The topological polar surface area (TPSA) is 133 Å². The first kappa shape index (κ1) is 19.6. The van der Waals surface area contributed by atoms with Crippen molar-refractivity contribution in [2.75, 3.05) is 0 Å². The Morgan fingerprint density at radius 2 is 1.05 bits per heavy atom. The van der Waals surface area contributed by atoms with Gasteiger partial charge in [0, 0.05) is 49.9 Å². The van der Waals surface area contributed by atoms with E-state index in [0.29, 0.717) is 0 Å². The molecule has 0 aliphatic carbocycles. The molecule has 0 saturated carbocycles. The fourth-order valence-corrected chi connectivity index (χ4v) is 2.09. The summed E-state index contributed by atoms with van der Waals surface area (Å²) in [6.07, 6.45) is -0.243. The van der Waals surface area contributed by atoms with Crippen LogP contribution < -0.4 is 10.6 Å². The van der Waals surface area contributed by atoms with Crippen LogP contribution in [0.15, 0.2) is 11.1 Å². The minimum Gasteiger partial charge on any atom is -0.478 e. The molecule has 0 aliphatic heterocycles. The SMILES string of the molecule is CC(=O)N[C@@H](C)CC(C(=O)O)=C(C[C@H](C)NC(C)=O)C(=O)O. The molecule has 0 rings (SSSR count). The Balaban J connectivity index is 5.38. The summed E-state index contributed by atoms with van der Waals surface area (Å²) in [5.41, 5.74) is -0.572. The Morgan fingerprint density at radius 3 is 1.23 bits per heavy atom. The van der Waals surface area contributed by atoms with Gasteiger partial charge in [-0.3, -0.25) is 9.59 Å². The Hall–Kier alpha value is -2.38. The molecule has 0 aromatic rings. The van der Waals surface area contributed by atoms with Crippen molar-refractivity contribution in [3.63, 3.8) is 0 Å². The molecular formula is C14H22N2O6. The van der Waals surface area contributed by atoms with Crippen LogP contribution in [0.25, 0.3) is 0 Å². The second-order valence-electron chi connectivity index (χ2n) is 5.18. The first-order chi connectivity index (χ1) is 10.0. The Bertz CT molecular complexity index is 454. The fraction of sp³-hybridized carbons (Fsp3) is 0.571. The number of nitrogens with one attached hydrogen (secondary N) is 2.